The number of unbranched alkanes of at least 4 members (excludes halogenated alkanes) is 2. The monoisotopic (exact) mass is 288 g/mol. The van der Waals surface area contributed by atoms with E-state index in [1.165, 1.54) is 50.5 Å². The van der Waals surface area contributed by atoms with Crippen LogP contribution in [0.25, 0.3) is 0 Å². The third-order valence-corrected chi connectivity index (χ3v) is 4.80. The van der Waals surface area contributed by atoms with Gasteiger partial charge in [0.25, 0.3) is 0 Å². The number of nitrogens with one attached hydrogen (secondary N) is 1. The zero-order valence-corrected chi connectivity index (χ0v) is 14.0. The molecule has 0 saturated carbocycles. The van der Waals surface area contributed by atoms with Gasteiger partial charge in [0.2, 0.25) is 0 Å². The third-order valence-electron chi connectivity index (χ3n) is 4.80. The Hall–Kier alpha value is -0.860. The van der Waals surface area contributed by atoms with E-state index < -0.39 is 0 Å². The number of hydrogen-bond donors (Lipinski definition) is 1. The first-order chi connectivity index (χ1) is 10.2. The van der Waals surface area contributed by atoms with Gasteiger partial charge in [-0.15, -0.1) is 0 Å². The Kier molecular flexibility index (Phi) is 6.72. The summed E-state index contributed by atoms with van der Waals surface area (Å²) in [7, 11) is 0. The molecule has 21 heavy (non-hydrogen) atoms. The van der Waals surface area contributed by atoms with E-state index in [2.05, 4.69) is 61.5 Å². The van der Waals surface area contributed by atoms with Crippen LogP contribution >= 0.6 is 0 Å². The molecule has 3 atom stereocenters. The molecule has 0 bridgehead atoms. The average molecular weight is 288 g/mol. The zero-order chi connectivity index (χ0) is 15.1. The van der Waals surface area contributed by atoms with Crippen LogP contribution in [0.3, 0.4) is 0 Å². The lowest BCUT2D eigenvalue weighted by Gasteiger charge is -2.41. The van der Waals surface area contributed by atoms with Crippen molar-refractivity contribution in [2.75, 3.05) is 0 Å². The molecular weight excluding hydrogens is 256 g/mol. The Balaban J connectivity index is 2.04. The summed E-state index contributed by atoms with van der Waals surface area (Å²) in [6, 6.07) is 12.7. The van der Waals surface area contributed by atoms with E-state index in [0.29, 0.717) is 18.1 Å². The first kappa shape index (κ1) is 16.5. The maximum atomic E-state index is 3.86. The molecule has 1 N–H and O–H groups in total. The summed E-state index contributed by atoms with van der Waals surface area (Å²) in [4.78, 5) is 0. The summed E-state index contributed by atoms with van der Waals surface area (Å²) in [5.41, 5.74) is 5.29. The minimum atomic E-state index is 0.459. The van der Waals surface area contributed by atoms with E-state index in [9.17, 15) is 0 Å². The van der Waals surface area contributed by atoms with E-state index in [4.69, 9.17) is 0 Å². The minimum Gasteiger partial charge on any atom is -0.247 e. The molecule has 3 unspecified atom stereocenters. The van der Waals surface area contributed by atoms with Crippen LogP contribution in [0.4, 0.5) is 0 Å². The van der Waals surface area contributed by atoms with Gasteiger partial charge in [-0.05, 0) is 38.7 Å². The van der Waals surface area contributed by atoms with Crippen molar-refractivity contribution in [3.05, 3.63) is 35.9 Å². The van der Waals surface area contributed by atoms with E-state index in [1.54, 1.807) is 0 Å². The predicted molar refractivity (Wildman–Crippen MR) is 91.1 cm³/mol. The average Bonchev–Trinajstić information content (AvgIpc) is 2.50. The van der Waals surface area contributed by atoms with Crippen molar-refractivity contribution in [3.63, 3.8) is 0 Å². The van der Waals surface area contributed by atoms with Crippen LogP contribution in [0.1, 0.15) is 77.3 Å². The summed E-state index contributed by atoms with van der Waals surface area (Å²) < 4.78 is 0. The van der Waals surface area contributed by atoms with Crippen molar-refractivity contribution >= 4 is 0 Å². The lowest BCUT2D eigenvalue weighted by atomic mass is 9.98. The molecule has 1 saturated heterocycles. The smallest absolute Gasteiger partial charge is 0.0464 e. The molecule has 1 aromatic rings. The summed E-state index contributed by atoms with van der Waals surface area (Å²) in [5.74, 6) is 0. The van der Waals surface area contributed by atoms with Crippen LogP contribution < -0.4 is 5.43 Å². The molecule has 118 valence electrons. The highest BCUT2D eigenvalue weighted by molar-refractivity contribution is 5.18. The van der Waals surface area contributed by atoms with E-state index in [0.717, 1.165) is 0 Å². The fraction of sp³-hybridized carbons (Fsp3) is 0.684. The molecule has 0 amide bonds. The molecule has 1 fully saturated rings. The summed E-state index contributed by atoms with van der Waals surface area (Å²) >= 11 is 0. The zero-order valence-electron chi connectivity index (χ0n) is 14.0. The lowest BCUT2D eigenvalue weighted by Crippen LogP contribution is -2.53. The van der Waals surface area contributed by atoms with Gasteiger partial charge in [-0.25, -0.2) is 10.4 Å². The minimum absolute atomic E-state index is 0.459. The molecule has 2 heteroatoms. The third kappa shape index (κ3) is 4.82. The second-order valence-corrected chi connectivity index (χ2v) is 6.62. The van der Waals surface area contributed by atoms with Crippen molar-refractivity contribution in [2.24, 2.45) is 0 Å². The molecule has 1 heterocycles. The van der Waals surface area contributed by atoms with Crippen molar-refractivity contribution in [1.29, 1.82) is 0 Å². The largest absolute Gasteiger partial charge is 0.247 e. The van der Waals surface area contributed by atoms with E-state index in [1.807, 2.05) is 0 Å². The Morgan fingerprint density at radius 3 is 2.38 bits per heavy atom. The highest BCUT2D eigenvalue weighted by Gasteiger charge is 2.26. The van der Waals surface area contributed by atoms with Crippen LogP contribution in [-0.2, 0) is 0 Å². The SMILES string of the molecule is CCCCCC(NN1C(C)CCCC1C)c1ccccc1. The summed E-state index contributed by atoms with van der Waals surface area (Å²) in [6.45, 7) is 6.99. The molecule has 1 aliphatic rings. The molecule has 2 nitrogen and oxygen atoms in total. The first-order valence-corrected chi connectivity index (χ1v) is 8.81. The molecule has 0 spiro atoms. The number of piperidine rings is 1. The standard InChI is InChI=1S/C19H32N2/c1-4-5-7-15-19(18-13-8-6-9-14-18)20-21-16(2)11-10-12-17(21)3/h6,8-9,13-14,16-17,19-20H,4-5,7,10-12,15H2,1-3H3. The van der Waals surface area contributed by atoms with Crippen molar-refractivity contribution in [3.8, 4) is 0 Å². The van der Waals surface area contributed by atoms with Crippen molar-refractivity contribution in [2.45, 2.75) is 83.8 Å². The maximum absolute atomic E-state index is 3.86. The van der Waals surface area contributed by atoms with Gasteiger partial charge < -0.3 is 0 Å². The molecular formula is C19H32N2. The molecule has 0 aromatic heterocycles. The number of rotatable bonds is 7. The van der Waals surface area contributed by atoms with Crippen LogP contribution in [0.5, 0.6) is 0 Å². The Bertz CT molecular complexity index is 380. The molecule has 0 aliphatic carbocycles. The second kappa shape index (κ2) is 8.55. The van der Waals surface area contributed by atoms with Crippen LogP contribution in [-0.4, -0.2) is 17.1 Å². The predicted octanol–water partition coefficient (Wildman–Crippen LogP) is 5.08. The molecule has 1 aromatic carbocycles. The Labute approximate surface area is 130 Å². The molecule has 2 rings (SSSR count). The topological polar surface area (TPSA) is 15.3 Å². The maximum Gasteiger partial charge on any atom is 0.0464 e. The fourth-order valence-corrected chi connectivity index (χ4v) is 3.45. The lowest BCUT2D eigenvalue weighted by molar-refractivity contribution is 0.0271. The van der Waals surface area contributed by atoms with Crippen LogP contribution in [0, 0.1) is 0 Å². The van der Waals surface area contributed by atoms with E-state index in [-0.39, 0.29) is 0 Å². The fourth-order valence-electron chi connectivity index (χ4n) is 3.45. The van der Waals surface area contributed by atoms with Gasteiger partial charge in [0, 0.05) is 18.1 Å². The first-order valence-electron chi connectivity index (χ1n) is 8.81. The quantitative estimate of drug-likeness (QED) is 0.704. The van der Waals surface area contributed by atoms with Crippen LogP contribution in [0.2, 0.25) is 0 Å². The van der Waals surface area contributed by atoms with Crippen LogP contribution in [0.15, 0.2) is 30.3 Å². The van der Waals surface area contributed by atoms with Gasteiger partial charge in [-0.3, -0.25) is 0 Å². The Morgan fingerprint density at radius 2 is 1.76 bits per heavy atom. The number of benzene rings is 1. The van der Waals surface area contributed by atoms with Gasteiger partial charge in [0.1, 0.15) is 0 Å². The molecule has 0 radical (unpaired) electrons. The van der Waals surface area contributed by atoms with E-state index >= 15 is 0 Å². The highest BCUT2D eigenvalue weighted by atomic mass is 15.5. The van der Waals surface area contributed by atoms with Crippen molar-refractivity contribution < 1.29 is 0 Å². The second-order valence-electron chi connectivity index (χ2n) is 6.62. The van der Waals surface area contributed by atoms with Gasteiger partial charge in [-0.1, -0.05) is 62.9 Å². The number of hydrogen-bond acceptors (Lipinski definition) is 2. The van der Waals surface area contributed by atoms with Gasteiger partial charge >= 0.3 is 0 Å². The normalized spacial score (nSPS) is 24.9. The molecule has 1 aliphatic heterocycles. The number of hydrazine groups is 1. The van der Waals surface area contributed by atoms with Gasteiger partial charge in [-0.2, -0.15) is 0 Å². The Morgan fingerprint density at radius 1 is 1.10 bits per heavy atom. The van der Waals surface area contributed by atoms with Gasteiger partial charge in [0.15, 0.2) is 0 Å². The highest BCUT2D eigenvalue weighted by Crippen LogP contribution is 2.26. The van der Waals surface area contributed by atoms with Gasteiger partial charge in [0.05, 0.1) is 0 Å². The summed E-state index contributed by atoms with van der Waals surface area (Å²) in [5, 5.41) is 2.52. The summed E-state index contributed by atoms with van der Waals surface area (Å²) in [6.07, 6.45) is 9.15. The van der Waals surface area contributed by atoms with Crippen molar-refractivity contribution in [1.82, 2.24) is 10.4 Å². The number of nitrogens with zero attached hydrogens (tertiary/aromatic N) is 1.